The lowest BCUT2D eigenvalue weighted by molar-refractivity contribution is 0.213. The third-order valence-corrected chi connectivity index (χ3v) is 5.45. The highest BCUT2D eigenvalue weighted by Crippen LogP contribution is 2.28. The van der Waals surface area contributed by atoms with Crippen molar-refractivity contribution in [3.05, 3.63) is 23.8 Å². The largest absolute Gasteiger partial charge is 0.496 e. The summed E-state index contributed by atoms with van der Waals surface area (Å²) < 4.78 is 31.6. The van der Waals surface area contributed by atoms with Crippen LogP contribution in [0.2, 0.25) is 0 Å². The molecule has 1 aliphatic rings. The van der Waals surface area contributed by atoms with Crippen molar-refractivity contribution >= 4 is 10.0 Å². The Labute approximate surface area is 113 Å². The third kappa shape index (κ3) is 2.61. The molecule has 5 nitrogen and oxygen atoms in total. The highest BCUT2D eigenvalue weighted by Gasteiger charge is 2.34. The Morgan fingerprint density at radius 2 is 2.21 bits per heavy atom. The number of methoxy groups -OCH3 is 1. The number of hydrogen-bond acceptors (Lipinski definition) is 4. The Morgan fingerprint density at radius 3 is 2.79 bits per heavy atom. The van der Waals surface area contributed by atoms with E-state index in [1.165, 1.54) is 4.31 Å². The third-order valence-electron chi connectivity index (χ3n) is 3.51. The Balaban J connectivity index is 2.37. The molecule has 0 aliphatic carbocycles. The molecule has 1 heterocycles. The van der Waals surface area contributed by atoms with E-state index in [0.29, 0.717) is 18.7 Å². The fourth-order valence-corrected chi connectivity index (χ4v) is 4.23. The SMILES string of the molecule is COc1ccc(S(=O)(=O)N2CCCC2CO)cc1C. The van der Waals surface area contributed by atoms with Crippen LogP contribution in [0.5, 0.6) is 5.75 Å². The smallest absolute Gasteiger partial charge is 0.243 e. The quantitative estimate of drug-likeness (QED) is 0.901. The van der Waals surface area contributed by atoms with E-state index in [-0.39, 0.29) is 17.5 Å². The minimum absolute atomic E-state index is 0.131. The molecule has 1 unspecified atom stereocenters. The van der Waals surface area contributed by atoms with Crippen LogP contribution in [0, 0.1) is 6.92 Å². The first-order valence-electron chi connectivity index (χ1n) is 6.28. The summed E-state index contributed by atoms with van der Waals surface area (Å²) in [6.07, 6.45) is 1.50. The van der Waals surface area contributed by atoms with Crippen molar-refractivity contribution in [1.29, 1.82) is 0 Å². The van der Waals surface area contributed by atoms with Crippen LogP contribution in [0.1, 0.15) is 18.4 Å². The van der Waals surface area contributed by atoms with Gasteiger partial charge < -0.3 is 9.84 Å². The lowest BCUT2D eigenvalue weighted by atomic mass is 10.2. The van der Waals surface area contributed by atoms with Gasteiger partial charge in [-0.1, -0.05) is 0 Å². The van der Waals surface area contributed by atoms with Crippen molar-refractivity contribution in [1.82, 2.24) is 4.31 Å². The number of ether oxygens (including phenoxy) is 1. The Bertz CT molecular complexity index is 556. The van der Waals surface area contributed by atoms with E-state index >= 15 is 0 Å². The second-order valence-corrected chi connectivity index (χ2v) is 6.62. The molecule has 19 heavy (non-hydrogen) atoms. The zero-order valence-electron chi connectivity index (χ0n) is 11.2. The molecule has 0 saturated carbocycles. The molecule has 1 fully saturated rings. The number of rotatable bonds is 4. The zero-order chi connectivity index (χ0) is 14.0. The molecule has 1 aliphatic heterocycles. The molecule has 0 radical (unpaired) electrons. The van der Waals surface area contributed by atoms with Gasteiger partial charge in [0.15, 0.2) is 0 Å². The normalized spacial score (nSPS) is 20.7. The van der Waals surface area contributed by atoms with E-state index in [0.717, 1.165) is 12.0 Å². The molecule has 6 heteroatoms. The van der Waals surface area contributed by atoms with E-state index in [1.54, 1.807) is 25.3 Å². The Morgan fingerprint density at radius 1 is 1.47 bits per heavy atom. The van der Waals surface area contributed by atoms with Gasteiger partial charge in [-0.05, 0) is 43.5 Å². The van der Waals surface area contributed by atoms with Crippen LogP contribution < -0.4 is 4.74 Å². The molecule has 1 aromatic rings. The van der Waals surface area contributed by atoms with Crippen molar-refractivity contribution < 1.29 is 18.3 Å². The van der Waals surface area contributed by atoms with Gasteiger partial charge in [-0.3, -0.25) is 0 Å². The van der Waals surface area contributed by atoms with Gasteiger partial charge in [0.05, 0.1) is 18.6 Å². The second-order valence-electron chi connectivity index (χ2n) is 4.73. The summed E-state index contributed by atoms with van der Waals surface area (Å²) in [4.78, 5) is 0.256. The number of aryl methyl sites for hydroxylation is 1. The fourth-order valence-electron chi connectivity index (χ4n) is 2.45. The van der Waals surface area contributed by atoms with Crippen LogP contribution in [0.15, 0.2) is 23.1 Å². The zero-order valence-corrected chi connectivity index (χ0v) is 12.0. The molecule has 0 bridgehead atoms. The monoisotopic (exact) mass is 285 g/mol. The molecule has 1 aromatic carbocycles. The van der Waals surface area contributed by atoms with Gasteiger partial charge in [0.25, 0.3) is 0 Å². The van der Waals surface area contributed by atoms with Crippen molar-refractivity contribution in [2.24, 2.45) is 0 Å². The van der Waals surface area contributed by atoms with Crippen molar-refractivity contribution in [3.63, 3.8) is 0 Å². The van der Waals surface area contributed by atoms with Gasteiger partial charge in [0.1, 0.15) is 5.75 Å². The average molecular weight is 285 g/mol. The van der Waals surface area contributed by atoms with Crippen LogP contribution in [-0.2, 0) is 10.0 Å². The molecular weight excluding hydrogens is 266 g/mol. The van der Waals surface area contributed by atoms with E-state index < -0.39 is 10.0 Å². The molecule has 1 N–H and O–H groups in total. The maximum absolute atomic E-state index is 12.5. The summed E-state index contributed by atoms with van der Waals surface area (Å²) in [6, 6.07) is 4.52. The summed E-state index contributed by atoms with van der Waals surface area (Å²) in [5, 5.41) is 9.26. The summed E-state index contributed by atoms with van der Waals surface area (Å²) in [6.45, 7) is 2.15. The number of nitrogens with zero attached hydrogens (tertiary/aromatic N) is 1. The summed E-state index contributed by atoms with van der Waals surface area (Å²) in [7, 11) is -1.98. The first kappa shape index (κ1) is 14.3. The van der Waals surface area contributed by atoms with Gasteiger partial charge in [0, 0.05) is 12.6 Å². The van der Waals surface area contributed by atoms with E-state index in [4.69, 9.17) is 4.74 Å². The van der Waals surface area contributed by atoms with Crippen LogP contribution >= 0.6 is 0 Å². The second kappa shape index (κ2) is 5.48. The fraction of sp³-hybridized carbons (Fsp3) is 0.538. The van der Waals surface area contributed by atoms with Crippen LogP contribution in [-0.4, -0.2) is 44.1 Å². The molecule has 0 aromatic heterocycles. The van der Waals surface area contributed by atoms with Gasteiger partial charge in [-0.2, -0.15) is 4.31 Å². The van der Waals surface area contributed by atoms with Crippen molar-refractivity contribution in [3.8, 4) is 5.75 Å². The van der Waals surface area contributed by atoms with Crippen LogP contribution in [0.25, 0.3) is 0 Å². The first-order valence-corrected chi connectivity index (χ1v) is 7.72. The number of benzene rings is 1. The summed E-state index contributed by atoms with van der Waals surface area (Å²) in [5.41, 5.74) is 0.781. The number of hydrogen-bond donors (Lipinski definition) is 1. The molecular formula is C13H19NO4S. The van der Waals surface area contributed by atoms with E-state index in [1.807, 2.05) is 6.92 Å². The maximum Gasteiger partial charge on any atom is 0.243 e. The van der Waals surface area contributed by atoms with Crippen LogP contribution in [0.4, 0.5) is 0 Å². The molecule has 2 rings (SSSR count). The summed E-state index contributed by atoms with van der Waals surface area (Å²) >= 11 is 0. The van der Waals surface area contributed by atoms with Crippen LogP contribution in [0.3, 0.4) is 0 Å². The number of aliphatic hydroxyl groups is 1. The first-order chi connectivity index (χ1) is 9.00. The minimum Gasteiger partial charge on any atom is -0.496 e. The lowest BCUT2D eigenvalue weighted by Crippen LogP contribution is -2.37. The minimum atomic E-state index is -3.53. The predicted molar refractivity (Wildman–Crippen MR) is 71.7 cm³/mol. The molecule has 106 valence electrons. The molecule has 1 saturated heterocycles. The van der Waals surface area contributed by atoms with Crippen molar-refractivity contribution in [2.45, 2.75) is 30.7 Å². The average Bonchev–Trinajstić information content (AvgIpc) is 2.87. The Hall–Kier alpha value is -1.11. The topological polar surface area (TPSA) is 66.8 Å². The standard InChI is InChI=1S/C13H19NO4S/c1-10-8-12(5-6-13(10)18-2)19(16,17)14-7-3-4-11(14)9-15/h5-6,8,11,15H,3-4,7,9H2,1-2H3. The van der Waals surface area contributed by atoms with Gasteiger partial charge in [-0.25, -0.2) is 8.42 Å². The molecule has 0 amide bonds. The lowest BCUT2D eigenvalue weighted by Gasteiger charge is -2.22. The number of sulfonamides is 1. The molecule has 1 atom stereocenters. The highest BCUT2D eigenvalue weighted by atomic mass is 32.2. The van der Waals surface area contributed by atoms with Crippen molar-refractivity contribution in [2.75, 3.05) is 20.3 Å². The number of aliphatic hydroxyl groups excluding tert-OH is 1. The highest BCUT2D eigenvalue weighted by molar-refractivity contribution is 7.89. The predicted octanol–water partition coefficient (Wildman–Crippen LogP) is 1.15. The molecule has 0 spiro atoms. The maximum atomic E-state index is 12.5. The van der Waals surface area contributed by atoms with Gasteiger partial charge in [-0.15, -0.1) is 0 Å². The van der Waals surface area contributed by atoms with E-state index in [2.05, 4.69) is 0 Å². The Kier molecular flexibility index (Phi) is 4.13. The summed E-state index contributed by atoms with van der Waals surface area (Å²) in [5.74, 6) is 0.666. The van der Waals surface area contributed by atoms with Gasteiger partial charge >= 0.3 is 0 Å². The van der Waals surface area contributed by atoms with E-state index in [9.17, 15) is 13.5 Å². The van der Waals surface area contributed by atoms with Gasteiger partial charge in [0.2, 0.25) is 10.0 Å².